The van der Waals surface area contributed by atoms with Crippen molar-refractivity contribution in [2.24, 2.45) is 5.92 Å². The largest absolute Gasteiger partial charge is 0.355 e. The molecule has 0 spiro atoms. The molecule has 2 rings (SSSR count). The Morgan fingerprint density at radius 3 is 2.19 bits per heavy atom. The van der Waals surface area contributed by atoms with Crippen LogP contribution in [0.1, 0.15) is 47.7 Å². The van der Waals surface area contributed by atoms with Crippen LogP contribution in [-0.4, -0.2) is 30.8 Å². The average Bonchev–Trinajstić information content (AvgIpc) is 2.68. The van der Waals surface area contributed by atoms with Gasteiger partial charge >= 0.3 is 0 Å². The second kappa shape index (κ2) is 9.18. The quantitative estimate of drug-likeness (QED) is 0.823. The van der Waals surface area contributed by atoms with Crippen LogP contribution in [0.5, 0.6) is 0 Å². The Morgan fingerprint density at radius 2 is 1.65 bits per heavy atom. The predicted octanol–water partition coefficient (Wildman–Crippen LogP) is 3.83. The molecule has 0 radical (unpaired) electrons. The minimum Gasteiger partial charge on any atom is -0.355 e. The third kappa shape index (κ3) is 4.72. The lowest BCUT2D eigenvalue weighted by molar-refractivity contribution is -0.133. The van der Waals surface area contributed by atoms with Gasteiger partial charge in [-0.1, -0.05) is 62.7 Å². The van der Waals surface area contributed by atoms with Crippen LogP contribution in [0.25, 0.3) is 0 Å². The summed E-state index contributed by atoms with van der Waals surface area (Å²) in [6.07, 6.45) is 0.944. The van der Waals surface area contributed by atoms with Crippen LogP contribution in [0.4, 0.5) is 0 Å². The minimum absolute atomic E-state index is 0.109. The van der Waals surface area contributed by atoms with E-state index in [1.54, 1.807) is 24.1 Å². The molecule has 138 valence electrons. The summed E-state index contributed by atoms with van der Waals surface area (Å²) >= 11 is 0. The first kappa shape index (κ1) is 19.7. The molecule has 0 aliphatic carbocycles. The SMILES string of the molecule is CC[C@H](C)[C@H](C(=O)N(C)Cc1ccc(C(=O)NC)cc1)c1ccccc1. The molecule has 4 nitrogen and oxygen atoms in total. The molecule has 0 heterocycles. The van der Waals surface area contributed by atoms with Gasteiger partial charge in [0.1, 0.15) is 0 Å². The molecule has 2 amide bonds. The standard InChI is InChI=1S/C22H28N2O2/c1-5-16(2)20(18-9-7-6-8-10-18)22(26)24(4)15-17-11-13-19(14-12-17)21(25)23-3/h6-14,16,20H,5,15H2,1-4H3,(H,23,25)/t16-,20-/m0/s1. The van der Waals surface area contributed by atoms with Gasteiger partial charge in [0.25, 0.3) is 5.91 Å². The summed E-state index contributed by atoms with van der Waals surface area (Å²) in [4.78, 5) is 26.5. The highest BCUT2D eigenvalue weighted by Gasteiger charge is 2.28. The van der Waals surface area contributed by atoms with Crippen LogP contribution < -0.4 is 5.32 Å². The van der Waals surface area contributed by atoms with Crippen LogP contribution in [0.3, 0.4) is 0 Å². The third-order valence-corrected chi connectivity index (χ3v) is 4.88. The van der Waals surface area contributed by atoms with Gasteiger partial charge < -0.3 is 10.2 Å². The fourth-order valence-corrected chi connectivity index (χ4v) is 3.11. The van der Waals surface area contributed by atoms with Crippen molar-refractivity contribution >= 4 is 11.8 Å². The van der Waals surface area contributed by atoms with Crippen molar-refractivity contribution < 1.29 is 9.59 Å². The fourth-order valence-electron chi connectivity index (χ4n) is 3.11. The summed E-state index contributed by atoms with van der Waals surface area (Å²) in [6, 6.07) is 17.4. The maximum Gasteiger partial charge on any atom is 0.251 e. The lowest BCUT2D eigenvalue weighted by atomic mass is 9.84. The number of likely N-dealkylation sites (N-methyl/N-ethyl adjacent to an activating group) is 1. The summed E-state index contributed by atoms with van der Waals surface area (Å²) < 4.78 is 0. The first-order chi connectivity index (χ1) is 12.5. The summed E-state index contributed by atoms with van der Waals surface area (Å²) in [6.45, 7) is 4.76. The second-order valence-corrected chi connectivity index (χ2v) is 6.74. The highest BCUT2D eigenvalue weighted by Crippen LogP contribution is 2.29. The molecule has 0 aromatic heterocycles. The van der Waals surface area contributed by atoms with Gasteiger partial charge in [0.15, 0.2) is 0 Å². The zero-order chi connectivity index (χ0) is 19.1. The monoisotopic (exact) mass is 352 g/mol. The summed E-state index contributed by atoms with van der Waals surface area (Å²) in [5, 5.41) is 2.61. The molecule has 4 heteroatoms. The molecule has 2 aromatic rings. The molecule has 0 aliphatic rings. The molecular weight excluding hydrogens is 324 g/mol. The number of benzene rings is 2. The van der Waals surface area contributed by atoms with E-state index < -0.39 is 0 Å². The number of nitrogens with one attached hydrogen (secondary N) is 1. The molecule has 1 N–H and O–H groups in total. The molecule has 0 aliphatic heterocycles. The van der Waals surface area contributed by atoms with Crippen molar-refractivity contribution in [1.29, 1.82) is 0 Å². The van der Waals surface area contributed by atoms with Gasteiger partial charge in [0.2, 0.25) is 5.91 Å². The highest BCUT2D eigenvalue weighted by atomic mass is 16.2. The number of amides is 2. The van der Waals surface area contributed by atoms with E-state index in [1.165, 1.54) is 0 Å². The molecule has 0 fully saturated rings. The van der Waals surface area contributed by atoms with Crippen LogP contribution in [0.15, 0.2) is 54.6 Å². The molecule has 0 saturated carbocycles. The molecule has 2 aromatic carbocycles. The van der Waals surface area contributed by atoms with E-state index in [0.29, 0.717) is 12.1 Å². The van der Waals surface area contributed by atoms with Gasteiger partial charge in [-0.25, -0.2) is 0 Å². The lowest BCUT2D eigenvalue weighted by Gasteiger charge is -2.28. The van der Waals surface area contributed by atoms with Gasteiger partial charge in [-0.2, -0.15) is 0 Å². The molecule has 2 atom stereocenters. The van der Waals surface area contributed by atoms with Crippen molar-refractivity contribution in [2.45, 2.75) is 32.7 Å². The van der Waals surface area contributed by atoms with E-state index >= 15 is 0 Å². The summed E-state index contributed by atoms with van der Waals surface area (Å²) in [7, 11) is 3.45. The normalized spacial score (nSPS) is 12.9. The smallest absolute Gasteiger partial charge is 0.251 e. The Balaban J connectivity index is 2.14. The van der Waals surface area contributed by atoms with Crippen molar-refractivity contribution in [3.8, 4) is 0 Å². The first-order valence-electron chi connectivity index (χ1n) is 9.08. The van der Waals surface area contributed by atoms with Gasteiger partial charge in [-0.05, 0) is 29.2 Å². The fraction of sp³-hybridized carbons (Fsp3) is 0.364. The van der Waals surface area contributed by atoms with Gasteiger partial charge in [0.05, 0.1) is 5.92 Å². The minimum atomic E-state index is -0.142. The zero-order valence-electron chi connectivity index (χ0n) is 16.0. The Hall–Kier alpha value is -2.62. The summed E-state index contributed by atoms with van der Waals surface area (Å²) in [5.74, 6) is 0.141. The summed E-state index contributed by atoms with van der Waals surface area (Å²) in [5.41, 5.74) is 2.69. The first-order valence-corrected chi connectivity index (χ1v) is 9.08. The Bertz CT molecular complexity index is 726. The van der Waals surface area contributed by atoms with E-state index in [0.717, 1.165) is 17.5 Å². The third-order valence-electron chi connectivity index (χ3n) is 4.88. The van der Waals surface area contributed by atoms with Crippen molar-refractivity contribution in [1.82, 2.24) is 10.2 Å². The van der Waals surface area contributed by atoms with Crippen LogP contribution >= 0.6 is 0 Å². The topological polar surface area (TPSA) is 49.4 Å². The molecule has 0 saturated heterocycles. The van der Waals surface area contributed by atoms with Crippen molar-refractivity contribution in [3.63, 3.8) is 0 Å². The number of carbonyl (C=O) groups excluding carboxylic acids is 2. The van der Waals surface area contributed by atoms with Crippen LogP contribution in [0, 0.1) is 5.92 Å². The Morgan fingerprint density at radius 1 is 1.04 bits per heavy atom. The number of hydrogen-bond acceptors (Lipinski definition) is 2. The molecule has 0 bridgehead atoms. The lowest BCUT2D eigenvalue weighted by Crippen LogP contribution is -2.34. The van der Waals surface area contributed by atoms with Crippen molar-refractivity contribution in [2.75, 3.05) is 14.1 Å². The predicted molar refractivity (Wildman–Crippen MR) is 105 cm³/mol. The number of hydrogen-bond donors (Lipinski definition) is 1. The van der Waals surface area contributed by atoms with E-state index in [-0.39, 0.29) is 23.7 Å². The number of rotatable bonds is 7. The average molecular weight is 352 g/mol. The second-order valence-electron chi connectivity index (χ2n) is 6.74. The van der Waals surface area contributed by atoms with E-state index in [1.807, 2.05) is 49.5 Å². The van der Waals surface area contributed by atoms with Crippen molar-refractivity contribution in [3.05, 3.63) is 71.3 Å². The van der Waals surface area contributed by atoms with Crippen LogP contribution in [-0.2, 0) is 11.3 Å². The highest BCUT2D eigenvalue weighted by molar-refractivity contribution is 5.94. The molecule has 0 unspecified atom stereocenters. The molecular formula is C22H28N2O2. The van der Waals surface area contributed by atoms with Crippen LogP contribution in [0.2, 0.25) is 0 Å². The Labute approximate surface area is 156 Å². The Kier molecular flexibility index (Phi) is 6.96. The number of nitrogens with zero attached hydrogens (tertiary/aromatic N) is 1. The van der Waals surface area contributed by atoms with Gasteiger partial charge in [-0.3, -0.25) is 9.59 Å². The molecule has 26 heavy (non-hydrogen) atoms. The van der Waals surface area contributed by atoms with Gasteiger partial charge in [0, 0.05) is 26.2 Å². The van der Waals surface area contributed by atoms with E-state index in [9.17, 15) is 9.59 Å². The maximum atomic E-state index is 13.1. The van der Waals surface area contributed by atoms with E-state index in [4.69, 9.17) is 0 Å². The van der Waals surface area contributed by atoms with Gasteiger partial charge in [-0.15, -0.1) is 0 Å². The van der Waals surface area contributed by atoms with E-state index in [2.05, 4.69) is 19.2 Å². The zero-order valence-corrected chi connectivity index (χ0v) is 16.0. The number of carbonyl (C=O) groups is 2. The maximum absolute atomic E-state index is 13.1.